The second-order valence-corrected chi connectivity index (χ2v) is 9.95. The molecule has 4 rings (SSSR count). The highest BCUT2D eigenvalue weighted by atomic mass is 19.4. The summed E-state index contributed by atoms with van der Waals surface area (Å²) in [5.74, 6) is -4.97. The van der Waals surface area contributed by atoms with Crippen molar-refractivity contribution in [2.45, 2.75) is 62.7 Å². The summed E-state index contributed by atoms with van der Waals surface area (Å²) in [6.07, 6.45) is 4.78. The maximum Gasteiger partial charge on any atom is 0.490 e. The molecule has 0 bridgehead atoms. The Morgan fingerprint density at radius 3 is 2.42 bits per heavy atom. The SMILES string of the molecule is O=C(O)C(F)(F)F.O=C=N[C@](NC(=O)C1CCCCC1)(C(=O)O)C(CCCNc1ccccn1)c1ccc2[nH]ncc2c1. The topological polar surface area (TPSA) is 187 Å². The third-order valence-electron chi connectivity index (χ3n) is 7.09. The van der Waals surface area contributed by atoms with Gasteiger partial charge in [0.15, 0.2) is 0 Å². The van der Waals surface area contributed by atoms with Gasteiger partial charge >= 0.3 is 18.1 Å². The molecule has 12 nitrogen and oxygen atoms in total. The van der Waals surface area contributed by atoms with Crippen LogP contribution in [0, 0.1) is 5.92 Å². The van der Waals surface area contributed by atoms with Gasteiger partial charge in [-0.3, -0.25) is 9.89 Å². The molecule has 0 saturated heterocycles. The molecule has 230 valence electrons. The molecule has 0 spiro atoms. The lowest BCUT2D eigenvalue weighted by Crippen LogP contribution is -2.58. The third kappa shape index (κ3) is 8.85. The number of hydrogen-bond donors (Lipinski definition) is 5. The molecule has 15 heteroatoms. The molecule has 3 aromatic rings. The second-order valence-electron chi connectivity index (χ2n) is 9.95. The Kier molecular flexibility index (Phi) is 11.4. The van der Waals surface area contributed by atoms with Crippen LogP contribution in [0.1, 0.15) is 56.4 Å². The van der Waals surface area contributed by atoms with E-state index in [0.717, 1.165) is 30.2 Å². The van der Waals surface area contributed by atoms with Crippen LogP contribution in [-0.2, 0) is 19.2 Å². The minimum absolute atomic E-state index is 0.304. The molecular formula is C28H31F3N6O6. The van der Waals surface area contributed by atoms with E-state index in [2.05, 4.69) is 30.8 Å². The molecule has 2 atom stereocenters. The number of H-pyrrole nitrogens is 1. The number of carbonyl (C=O) groups is 3. The molecule has 0 radical (unpaired) electrons. The number of aromatic nitrogens is 3. The number of isocyanates is 1. The van der Waals surface area contributed by atoms with Crippen LogP contribution >= 0.6 is 0 Å². The zero-order valence-electron chi connectivity index (χ0n) is 22.9. The summed E-state index contributed by atoms with van der Waals surface area (Å²) in [7, 11) is 0. The number of amides is 1. The summed E-state index contributed by atoms with van der Waals surface area (Å²) in [6, 6.07) is 10.9. The maximum absolute atomic E-state index is 13.2. The largest absolute Gasteiger partial charge is 0.490 e. The average molecular weight is 605 g/mol. The Bertz CT molecular complexity index is 1430. The molecule has 1 fully saturated rings. The first-order chi connectivity index (χ1) is 20.5. The molecule has 5 N–H and O–H groups in total. The first kappa shape index (κ1) is 32.7. The number of hydrogen-bond acceptors (Lipinski definition) is 8. The average Bonchev–Trinajstić information content (AvgIpc) is 3.46. The van der Waals surface area contributed by atoms with E-state index in [1.807, 2.05) is 24.3 Å². The number of carboxylic acid groups (broad SMARTS) is 2. The first-order valence-corrected chi connectivity index (χ1v) is 13.5. The predicted octanol–water partition coefficient (Wildman–Crippen LogP) is 4.38. The molecule has 1 saturated carbocycles. The summed E-state index contributed by atoms with van der Waals surface area (Å²) < 4.78 is 31.7. The number of aliphatic carboxylic acids is 2. The number of fused-ring (bicyclic) bond motifs is 1. The van der Waals surface area contributed by atoms with Gasteiger partial charge in [0, 0.05) is 30.0 Å². The number of aromatic amines is 1. The van der Waals surface area contributed by atoms with Gasteiger partial charge in [0.2, 0.25) is 17.6 Å². The number of carboxylic acids is 2. The molecular weight excluding hydrogens is 573 g/mol. The van der Waals surface area contributed by atoms with Gasteiger partial charge in [0.05, 0.1) is 11.7 Å². The van der Waals surface area contributed by atoms with Gasteiger partial charge < -0.3 is 20.8 Å². The van der Waals surface area contributed by atoms with Crippen molar-refractivity contribution in [3.05, 3.63) is 54.4 Å². The molecule has 2 heterocycles. The normalized spacial score (nSPS) is 15.6. The standard InChI is InChI=1S/C26H30N6O4.C2HF3O2/c33-17-29-26(25(35)36,31-24(34)18-7-2-1-3-8-18)21(9-6-14-28-23-10-4-5-13-27-23)19-11-12-22-20(15-19)16-30-32-22;3-2(4,5)1(6)7/h4-5,10-13,15-16,18,21H,1-3,6-9,14H2,(H,27,28)(H,30,32)(H,31,34)(H,35,36);(H,6,7)/t21?,26-;/m1./s1. The summed E-state index contributed by atoms with van der Waals surface area (Å²) in [5.41, 5.74) is -0.758. The third-order valence-corrected chi connectivity index (χ3v) is 7.09. The van der Waals surface area contributed by atoms with Gasteiger partial charge in [-0.2, -0.15) is 23.3 Å². The van der Waals surface area contributed by atoms with Crippen molar-refractivity contribution < 1.29 is 42.6 Å². The minimum Gasteiger partial charge on any atom is -0.478 e. The highest BCUT2D eigenvalue weighted by Gasteiger charge is 2.49. The molecule has 1 unspecified atom stereocenters. The number of rotatable bonds is 11. The second kappa shape index (κ2) is 14.9. The quantitative estimate of drug-likeness (QED) is 0.120. The molecule has 2 aromatic heterocycles. The van der Waals surface area contributed by atoms with Crippen LogP contribution in [0.4, 0.5) is 19.0 Å². The summed E-state index contributed by atoms with van der Waals surface area (Å²) in [5, 5.41) is 31.1. The van der Waals surface area contributed by atoms with Crippen molar-refractivity contribution in [3.8, 4) is 0 Å². The van der Waals surface area contributed by atoms with E-state index in [0.29, 0.717) is 43.6 Å². The summed E-state index contributed by atoms with van der Waals surface area (Å²) >= 11 is 0. The summed E-state index contributed by atoms with van der Waals surface area (Å²) in [6.45, 7) is 0.512. The van der Waals surface area contributed by atoms with Crippen LogP contribution in [0.15, 0.2) is 53.8 Å². The molecule has 0 aliphatic heterocycles. The molecule has 1 aromatic carbocycles. The van der Waals surface area contributed by atoms with Crippen molar-refractivity contribution in [2.75, 3.05) is 11.9 Å². The maximum atomic E-state index is 13.2. The van der Waals surface area contributed by atoms with Crippen LogP contribution in [0.5, 0.6) is 0 Å². The van der Waals surface area contributed by atoms with Crippen molar-refractivity contribution in [1.82, 2.24) is 20.5 Å². The van der Waals surface area contributed by atoms with E-state index in [1.165, 1.54) is 6.08 Å². The lowest BCUT2D eigenvalue weighted by atomic mass is 9.81. The minimum atomic E-state index is -5.08. The Balaban J connectivity index is 0.000000646. The number of halogens is 3. The highest BCUT2D eigenvalue weighted by molar-refractivity contribution is 5.90. The van der Waals surface area contributed by atoms with Crippen LogP contribution in [-0.4, -0.2) is 67.7 Å². The Labute approximate surface area is 243 Å². The van der Waals surface area contributed by atoms with Gasteiger partial charge in [-0.05, 0) is 55.5 Å². The van der Waals surface area contributed by atoms with Crippen molar-refractivity contribution >= 4 is 40.6 Å². The Morgan fingerprint density at radius 1 is 1.09 bits per heavy atom. The number of nitrogens with zero attached hydrogens (tertiary/aromatic N) is 3. The number of benzene rings is 1. The monoisotopic (exact) mass is 604 g/mol. The van der Waals surface area contributed by atoms with E-state index in [9.17, 15) is 32.7 Å². The van der Waals surface area contributed by atoms with Crippen LogP contribution < -0.4 is 10.6 Å². The first-order valence-electron chi connectivity index (χ1n) is 13.5. The van der Waals surface area contributed by atoms with E-state index >= 15 is 0 Å². The number of anilines is 1. The zero-order valence-corrected chi connectivity index (χ0v) is 22.9. The van der Waals surface area contributed by atoms with Gasteiger partial charge in [-0.1, -0.05) is 31.4 Å². The Hall–Kier alpha value is -4.78. The molecule has 1 aliphatic carbocycles. The van der Waals surface area contributed by atoms with Crippen LogP contribution in [0.2, 0.25) is 0 Å². The van der Waals surface area contributed by atoms with Crippen LogP contribution in [0.3, 0.4) is 0 Å². The number of alkyl halides is 3. The highest BCUT2D eigenvalue weighted by Crippen LogP contribution is 2.37. The number of aliphatic imine (C=N–C) groups is 1. The number of pyridine rings is 1. The van der Waals surface area contributed by atoms with Gasteiger partial charge in [-0.25, -0.2) is 19.4 Å². The lowest BCUT2D eigenvalue weighted by Gasteiger charge is -2.35. The van der Waals surface area contributed by atoms with Gasteiger partial charge in [0.1, 0.15) is 5.82 Å². The molecule has 1 amide bonds. The smallest absolute Gasteiger partial charge is 0.478 e. The molecule has 1 aliphatic rings. The fourth-order valence-corrected chi connectivity index (χ4v) is 4.95. The summed E-state index contributed by atoms with van der Waals surface area (Å²) in [4.78, 5) is 54.5. The van der Waals surface area contributed by atoms with Crippen LogP contribution in [0.25, 0.3) is 10.9 Å². The van der Waals surface area contributed by atoms with Crippen molar-refractivity contribution in [2.24, 2.45) is 10.9 Å². The number of carbonyl (C=O) groups excluding carboxylic acids is 2. The van der Waals surface area contributed by atoms with Gasteiger partial charge in [-0.15, -0.1) is 0 Å². The fourth-order valence-electron chi connectivity index (χ4n) is 4.95. The van der Waals surface area contributed by atoms with Gasteiger partial charge in [0.25, 0.3) is 0 Å². The van der Waals surface area contributed by atoms with E-state index in [4.69, 9.17) is 9.90 Å². The number of nitrogens with one attached hydrogen (secondary N) is 3. The van der Waals surface area contributed by atoms with E-state index in [1.54, 1.807) is 24.5 Å². The fraction of sp³-hybridized carbons (Fsp3) is 0.429. The Morgan fingerprint density at radius 2 is 1.81 bits per heavy atom. The van der Waals surface area contributed by atoms with Crippen molar-refractivity contribution in [1.29, 1.82) is 0 Å². The van der Waals surface area contributed by atoms with E-state index < -0.39 is 35.6 Å². The van der Waals surface area contributed by atoms with E-state index in [-0.39, 0.29) is 5.92 Å². The lowest BCUT2D eigenvalue weighted by molar-refractivity contribution is -0.192. The molecule has 43 heavy (non-hydrogen) atoms. The predicted molar refractivity (Wildman–Crippen MR) is 148 cm³/mol. The zero-order chi connectivity index (χ0) is 31.5. The van der Waals surface area contributed by atoms with Crippen molar-refractivity contribution in [3.63, 3.8) is 0 Å².